The molecule has 0 spiro atoms. The molecule has 4 heterocycles. The van der Waals surface area contributed by atoms with Crippen LogP contribution in [0.3, 0.4) is 0 Å². The zero-order chi connectivity index (χ0) is 19.6. The number of rotatable bonds is 5. The van der Waals surface area contributed by atoms with Gasteiger partial charge in [0.1, 0.15) is 17.0 Å². The van der Waals surface area contributed by atoms with Crippen molar-refractivity contribution in [2.24, 2.45) is 5.92 Å². The van der Waals surface area contributed by atoms with Gasteiger partial charge >= 0.3 is 0 Å². The maximum Gasteiger partial charge on any atom is 0.141 e. The first-order valence-electron chi connectivity index (χ1n) is 10.6. The number of thiophene rings is 1. The Morgan fingerprint density at radius 3 is 2.66 bits per heavy atom. The van der Waals surface area contributed by atoms with E-state index in [1.54, 1.807) is 17.7 Å². The van der Waals surface area contributed by atoms with E-state index in [1.807, 2.05) is 0 Å². The predicted molar refractivity (Wildman–Crippen MR) is 120 cm³/mol. The molecule has 152 valence electrons. The number of fused-ring (bicyclic) bond motifs is 1. The van der Waals surface area contributed by atoms with Crippen LogP contribution in [0.5, 0.6) is 0 Å². The van der Waals surface area contributed by atoms with Gasteiger partial charge in [-0.05, 0) is 37.8 Å². The molecule has 0 radical (unpaired) electrons. The fraction of sp³-hybridized carbons (Fsp3) is 0.478. The molecule has 3 aromatic rings. The summed E-state index contributed by atoms with van der Waals surface area (Å²) in [5, 5.41) is 3.42. The molecule has 0 bridgehead atoms. The van der Waals surface area contributed by atoms with Crippen LogP contribution in [0.25, 0.3) is 21.3 Å². The Morgan fingerprint density at radius 2 is 1.90 bits per heavy atom. The van der Waals surface area contributed by atoms with E-state index >= 15 is 0 Å². The minimum absolute atomic E-state index is 0.429. The Hall–Kier alpha value is -2.02. The minimum Gasteiger partial charge on any atom is -0.377 e. The van der Waals surface area contributed by atoms with Crippen molar-refractivity contribution in [2.75, 3.05) is 44.7 Å². The molecule has 29 heavy (non-hydrogen) atoms. The number of ether oxygens (including phenoxy) is 1. The summed E-state index contributed by atoms with van der Waals surface area (Å²) in [6.45, 7) is 5.22. The molecule has 2 aromatic heterocycles. The largest absolute Gasteiger partial charge is 0.377 e. The number of likely N-dealkylation sites (N-methyl/N-ethyl adjacent to an activating group) is 1. The van der Waals surface area contributed by atoms with Crippen LogP contribution >= 0.6 is 11.3 Å². The SMILES string of the molecule is CN1CCC(OCC2CCN(c3ncnc4scc(-c5ccccc5)c34)CC2)C1. The fourth-order valence-electron chi connectivity index (χ4n) is 4.54. The number of likely N-dealkylation sites (tertiary alicyclic amines) is 1. The first-order valence-corrected chi connectivity index (χ1v) is 11.5. The number of aromatic nitrogens is 2. The molecule has 1 aromatic carbocycles. The number of hydrogen-bond acceptors (Lipinski definition) is 6. The lowest BCUT2D eigenvalue weighted by atomic mass is 9.97. The maximum atomic E-state index is 6.20. The van der Waals surface area contributed by atoms with Gasteiger partial charge < -0.3 is 14.5 Å². The van der Waals surface area contributed by atoms with Crippen molar-refractivity contribution in [3.8, 4) is 11.1 Å². The molecule has 0 saturated carbocycles. The van der Waals surface area contributed by atoms with Crippen LogP contribution in [0, 0.1) is 5.92 Å². The van der Waals surface area contributed by atoms with Gasteiger partial charge in [0.05, 0.1) is 11.5 Å². The number of piperidine rings is 1. The predicted octanol–water partition coefficient (Wildman–Crippen LogP) is 4.30. The van der Waals surface area contributed by atoms with Gasteiger partial charge in [0.2, 0.25) is 0 Å². The monoisotopic (exact) mass is 408 g/mol. The highest BCUT2D eigenvalue weighted by Gasteiger charge is 2.26. The Labute approximate surface area is 176 Å². The third-order valence-corrected chi connectivity index (χ3v) is 7.15. The molecule has 2 aliphatic rings. The lowest BCUT2D eigenvalue weighted by Crippen LogP contribution is -2.36. The summed E-state index contributed by atoms with van der Waals surface area (Å²) in [6.07, 6.45) is 5.65. The Bertz CT molecular complexity index is 952. The van der Waals surface area contributed by atoms with Gasteiger partial charge in [0.25, 0.3) is 0 Å². The van der Waals surface area contributed by atoms with Gasteiger partial charge in [-0.1, -0.05) is 30.3 Å². The van der Waals surface area contributed by atoms with Crippen LogP contribution in [-0.4, -0.2) is 60.8 Å². The summed E-state index contributed by atoms with van der Waals surface area (Å²) in [6, 6.07) is 10.6. The highest BCUT2D eigenvalue weighted by atomic mass is 32.1. The van der Waals surface area contributed by atoms with Crippen LogP contribution in [0.15, 0.2) is 42.0 Å². The molecule has 6 heteroatoms. The average molecular weight is 409 g/mol. The molecule has 5 rings (SSSR count). The van der Waals surface area contributed by atoms with Gasteiger partial charge in [-0.15, -0.1) is 11.3 Å². The first-order chi connectivity index (χ1) is 14.3. The van der Waals surface area contributed by atoms with E-state index in [2.05, 4.69) is 57.5 Å². The van der Waals surface area contributed by atoms with Crippen molar-refractivity contribution in [2.45, 2.75) is 25.4 Å². The number of benzene rings is 1. The molecule has 2 aliphatic heterocycles. The van der Waals surface area contributed by atoms with Crippen molar-refractivity contribution >= 4 is 27.4 Å². The molecular weight excluding hydrogens is 380 g/mol. The zero-order valence-electron chi connectivity index (χ0n) is 17.0. The Kier molecular flexibility index (Phi) is 5.48. The Balaban J connectivity index is 1.29. The van der Waals surface area contributed by atoms with Crippen molar-refractivity contribution < 1.29 is 4.74 Å². The molecule has 5 nitrogen and oxygen atoms in total. The molecular formula is C23H28N4OS. The number of anilines is 1. The van der Waals surface area contributed by atoms with Gasteiger partial charge in [0, 0.05) is 43.7 Å². The second kappa shape index (κ2) is 8.38. The molecule has 0 amide bonds. The summed E-state index contributed by atoms with van der Waals surface area (Å²) in [5.41, 5.74) is 2.48. The van der Waals surface area contributed by atoms with Gasteiger partial charge in [0.15, 0.2) is 0 Å². The first kappa shape index (κ1) is 19.0. The van der Waals surface area contributed by atoms with E-state index in [-0.39, 0.29) is 0 Å². The molecule has 0 aliphatic carbocycles. The van der Waals surface area contributed by atoms with E-state index in [0.29, 0.717) is 12.0 Å². The molecule has 2 saturated heterocycles. The molecule has 2 fully saturated rings. The topological polar surface area (TPSA) is 41.5 Å². The van der Waals surface area contributed by atoms with Gasteiger partial charge in [-0.2, -0.15) is 0 Å². The van der Waals surface area contributed by atoms with Crippen LogP contribution in [0.2, 0.25) is 0 Å². The quantitative estimate of drug-likeness (QED) is 0.630. The average Bonchev–Trinajstić information content (AvgIpc) is 3.39. The smallest absolute Gasteiger partial charge is 0.141 e. The maximum absolute atomic E-state index is 6.20. The second-order valence-electron chi connectivity index (χ2n) is 8.33. The summed E-state index contributed by atoms with van der Waals surface area (Å²) < 4.78 is 6.20. The number of hydrogen-bond donors (Lipinski definition) is 0. The molecule has 0 N–H and O–H groups in total. The normalized spacial score (nSPS) is 21.3. The minimum atomic E-state index is 0.429. The summed E-state index contributed by atoms with van der Waals surface area (Å²) in [5.74, 6) is 1.75. The standard InChI is InChI=1S/C23H28N4OS/c1-26-10-9-19(13-26)28-14-17-7-11-27(12-8-17)22-21-20(18-5-3-2-4-6-18)15-29-23(21)25-16-24-22/h2-6,15-17,19H,7-14H2,1H3. The fourth-order valence-corrected chi connectivity index (χ4v) is 5.45. The lowest BCUT2D eigenvalue weighted by Gasteiger charge is -2.33. The third kappa shape index (κ3) is 4.02. The highest BCUT2D eigenvalue weighted by molar-refractivity contribution is 7.17. The molecule has 1 unspecified atom stereocenters. The van der Waals surface area contributed by atoms with Crippen molar-refractivity contribution in [1.82, 2.24) is 14.9 Å². The molecule has 1 atom stereocenters. The van der Waals surface area contributed by atoms with E-state index < -0.39 is 0 Å². The van der Waals surface area contributed by atoms with Crippen molar-refractivity contribution in [3.63, 3.8) is 0 Å². The van der Waals surface area contributed by atoms with Crippen molar-refractivity contribution in [1.29, 1.82) is 0 Å². The van der Waals surface area contributed by atoms with Crippen LogP contribution in [0.1, 0.15) is 19.3 Å². The summed E-state index contributed by atoms with van der Waals surface area (Å²) >= 11 is 1.71. The third-order valence-electron chi connectivity index (χ3n) is 6.26. The van der Waals surface area contributed by atoms with E-state index in [4.69, 9.17) is 9.72 Å². The zero-order valence-corrected chi connectivity index (χ0v) is 17.8. The summed E-state index contributed by atoms with van der Waals surface area (Å²) in [4.78, 5) is 15.1. The Morgan fingerprint density at radius 1 is 1.07 bits per heavy atom. The number of nitrogens with zero attached hydrogens (tertiary/aromatic N) is 4. The van der Waals surface area contributed by atoms with E-state index in [1.165, 1.54) is 35.8 Å². The summed E-state index contributed by atoms with van der Waals surface area (Å²) in [7, 11) is 2.18. The van der Waals surface area contributed by atoms with Crippen LogP contribution in [-0.2, 0) is 4.74 Å². The van der Waals surface area contributed by atoms with Gasteiger partial charge in [-0.3, -0.25) is 0 Å². The van der Waals surface area contributed by atoms with E-state index in [0.717, 1.165) is 43.4 Å². The second-order valence-corrected chi connectivity index (χ2v) is 9.19. The highest BCUT2D eigenvalue weighted by Crippen LogP contribution is 2.38. The van der Waals surface area contributed by atoms with Crippen molar-refractivity contribution in [3.05, 3.63) is 42.0 Å². The van der Waals surface area contributed by atoms with Crippen LogP contribution < -0.4 is 4.90 Å². The van der Waals surface area contributed by atoms with E-state index in [9.17, 15) is 0 Å². The lowest BCUT2D eigenvalue weighted by molar-refractivity contribution is 0.0305. The van der Waals surface area contributed by atoms with Crippen LogP contribution in [0.4, 0.5) is 5.82 Å². The van der Waals surface area contributed by atoms with Gasteiger partial charge in [-0.25, -0.2) is 9.97 Å².